The van der Waals surface area contributed by atoms with Crippen molar-refractivity contribution in [3.63, 3.8) is 0 Å². The molecule has 24 heavy (non-hydrogen) atoms. The molecule has 7 heteroatoms. The molecule has 2 heterocycles. The van der Waals surface area contributed by atoms with Crippen molar-refractivity contribution in [3.8, 4) is 5.75 Å². The second-order valence-electron chi connectivity index (χ2n) is 6.18. The Labute approximate surface area is 140 Å². The lowest BCUT2D eigenvalue weighted by Crippen LogP contribution is -2.48. The van der Waals surface area contributed by atoms with E-state index in [1.807, 2.05) is 0 Å². The average Bonchev–Trinajstić information content (AvgIpc) is 3.10. The molecule has 134 valence electrons. The molecule has 3 rings (SSSR count). The zero-order chi connectivity index (χ0) is 16.9. The lowest BCUT2D eigenvalue weighted by atomic mass is 10.1. The first kappa shape index (κ1) is 17.5. The van der Waals surface area contributed by atoms with Crippen molar-refractivity contribution in [2.75, 3.05) is 32.8 Å². The number of aliphatic hydroxyl groups excluding tert-OH is 1. The minimum Gasteiger partial charge on any atom is -0.435 e. The van der Waals surface area contributed by atoms with Gasteiger partial charge in [0, 0.05) is 26.2 Å². The standard InChI is InChI=1S/C17H23F2NO4/c18-17(19)24-13-5-3-12(4-6-13)14(21)10-20-7-9-23-16(11-20)15-2-1-8-22-15/h3-6,14-17,21H,1-2,7-11H2/t14-,15-,16+/m1/s1. The normalized spacial score (nSPS) is 26.7. The van der Waals surface area contributed by atoms with Gasteiger partial charge in [-0.15, -0.1) is 0 Å². The fourth-order valence-electron chi connectivity index (χ4n) is 3.24. The van der Waals surface area contributed by atoms with Crippen LogP contribution in [0.4, 0.5) is 8.78 Å². The van der Waals surface area contributed by atoms with E-state index in [4.69, 9.17) is 9.47 Å². The maximum absolute atomic E-state index is 12.2. The van der Waals surface area contributed by atoms with Crippen molar-refractivity contribution >= 4 is 0 Å². The number of ether oxygens (including phenoxy) is 3. The molecule has 2 aliphatic rings. The monoisotopic (exact) mass is 343 g/mol. The molecule has 0 aliphatic carbocycles. The van der Waals surface area contributed by atoms with Crippen LogP contribution < -0.4 is 4.74 Å². The van der Waals surface area contributed by atoms with Crippen LogP contribution in [-0.2, 0) is 9.47 Å². The van der Waals surface area contributed by atoms with Crippen LogP contribution in [0.15, 0.2) is 24.3 Å². The molecule has 0 bridgehead atoms. The molecule has 0 unspecified atom stereocenters. The highest BCUT2D eigenvalue weighted by Crippen LogP contribution is 2.24. The highest BCUT2D eigenvalue weighted by molar-refractivity contribution is 5.28. The molecule has 2 fully saturated rings. The summed E-state index contributed by atoms with van der Waals surface area (Å²) in [6.07, 6.45) is 1.60. The number of morpholine rings is 1. The van der Waals surface area contributed by atoms with Crippen molar-refractivity contribution in [2.45, 2.75) is 37.8 Å². The molecule has 1 aromatic rings. The highest BCUT2D eigenvalue weighted by atomic mass is 19.3. The molecule has 0 aromatic heterocycles. The largest absolute Gasteiger partial charge is 0.435 e. The Hall–Kier alpha value is -1.28. The zero-order valence-corrected chi connectivity index (χ0v) is 13.4. The van der Waals surface area contributed by atoms with Gasteiger partial charge in [-0.05, 0) is 30.5 Å². The van der Waals surface area contributed by atoms with E-state index in [9.17, 15) is 13.9 Å². The van der Waals surface area contributed by atoms with Gasteiger partial charge in [0.15, 0.2) is 0 Å². The van der Waals surface area contributed by atoms with Gasteiger partial charge in [0.05, 0.1) is 24.9 Å². The minimum atomic E-state index is -2.84. The van der Waals surface area contributed by atoms with Crippen LogP contribution in [0.25, 0.3) is 0 Å². The Morgan fingerprint density at radius 2 is 1.92 bits per heavy atom. The fraction of sp³-hybridized carbons (Fsp3) is 0.647. The summed E-state index contributed by atoms with van der Waals surface area (Å²) < 4.78 is 40.1. The van der Waals surface area contributed by atoms with E-state index in [0.717, 1.165) is 32.5 Å². The molecule has 0 saturated carbocycles. The van der Waals surface area contributed by atoms with E-state index in [1.165, 1.54) is 12.1 Å². The van der Waals surface area contributed by atoms with Gasteiger partial charge in [0.1, 0.15) is 5.75 Å². The minimum absolute atomic E-state index is 0.0512. The third-order valence-corrected chi connectivity index (χ3v) is 4.48. The quantitative estimate of drug-likeness (QED) is 0.858. The summed E-state index contributed by atoms with van der Waals surface area (Å²) in [4.78, 5) is 2.16. The van der Waals surface area contributed by atoms with Crippen molar-refractivity contribution in [1.82, 2.24) is 4.90 Å². The Balaban J connectivity index is 1.52. The maximum atomic E-state index is 12.2. The first-order valence-electron chi connectivity index (χ1n) is 8.30. The first-order chi connectivity index (χ1) is 11.6. The van der Waals surface area contributed by atoms with E-state index in [2.05, 4.69) is 9.64 Å². The summed E-state index contributed by atoms with van der Waals surface area (Å²) in [7, 11) is 0. The van der Waals surface area contributed by atoms with Crippen LogP contribution >= 0.6 is 0 Å². The van der Waals surface area contributed by atoms with Gasteiger partial charge >= 0.3 is 6.61 Å². The van der Waals surface area contributed by atoms with E-state index in [1.54, 1.807) is 12.1 Å². The van der Waals surface area contributed by atoms with Gasteiger partial charge in [-0.1, -0.05) is 12.1 Å². The molecule has 1 aromatic carbocycles. The number of hydrogen-bond acceptors (Lipinski definition) is 5. The number of benzene rings is 1. The summed E-state index contributed by atoms with van der Waals surface area (Å²) in [5.74, 6) is 0.0887. The maximum Gasteiger partial charge on any atom is 0.387 e. The zero-order valence-electron chi connectivity index (χ0n) is 13.4. The Morgan fingerprint density at radius 1 is 1.17 bits per heavy atom. The van der Waals surface area contributed by atoms with Crippen molar-refractivity contribution in [2.24, 2.45) is 0 Å². The number of aliphatic hydroxyl groups is 1. The number of halogens is 2. The molecule has 2 saturated heterocycles. The van der Waals surface area contributed by atoms with Crippen LogP contribution in [0.5, 0.6) is 5.75 Å². The van der Waals surface area contributed by atoms with E-state index in [0.29, 0.717) is 18.7 Å². The van der Waals surface area contributed by atoms with Crippen LogP contribution in [0.1, 0.15) is 24.5 Å². The molecule has 1 N–H and O–H groups in total. The molecule has 0 amide bonds. The number of rotatable bonds is 6. The average molecular weight is 343 g/mol. The summed E-state index contributed by atoms with van der Waals surface area (Å²) >= 11 is 0. The number of alkyl halides is 2. The van der Waals surface area contributed by atoms with Gasteiger partial charge < -0.3 is 19.3 Å². The van der Waals surface area contributed by atoms with Gasteiger partial charge in [0.25, 0.3) is 0 Å². The smallest absolute Gasteiger partial charge is 0.387 e. The Kier molecular flexibility index (Phi) is 5.99. The molecular weight excluding hydrogens is 320 g/mol. The Morgan fingerprint density at radius 3 is 2.58 bits per heavy atom. The van der Waals surface area contributed by atoms with E-state index >= 15 is 0 Å². The fourth-order valence-corrected chi connectivity index (χ4v) is 3.24. The van der Waals surface area contributed by atoms with Crippen LogP contribution in [0, 0.1) is 0 Å². The first-order valence-corrected chi connectivity index (χ1v) is 8.30. The van der Waals surface area contributed by atoms with Gasteiger partial charge in [0.2, 0.25) is 0 Å². The number of β-amino-alcohol motifs (C(OH)–C–C–N with tert-alkyl or cyclic N) is 1. The topological polar surface area (TPSA) is 51.2 Å². The Bertz CT molecular complexity index is 508. The number of hydrogen-bond donors (Lipinski definition) is 1. The van der Waals surface area contributed by atoms with Gasteiger partial charge in [-0.25, -0.2) is 0 Å². The molecule has 5 nitrogen and oxygen atoms in total. The van der Waals surface area contributed by atoms with Gasteiger partial charge in [-0.2, -0.15) is 8.78 Å². The van der Waals surface area contributed by atoms with Crippen LogP contribution in [0.3, 0.4) is 0 Å². The third-order valence-electron chi connectivity index (χ3n) is 4.48. The van der Waals surface area contributed by atoms with Gasteiger partial charge in [-0.3, -0.25) is 4.90 Å². The summed E-state index contributed by atoms with van der Waals surface area (Å²) in [6.45, 7) is 0.533. The lowest BCUT2D eigenvalue weighted by molar-refractivity contribution is -0.0996. The summed E-state index contributed by atoms with van der Waals surface area (Å²) in [5.41, 5.74) is 0.678. The molecule has 3 atom stereocenters. The summed E-state index contributed by atoms with van der Waals surface area (Å²) in [5, 5.41) is 10.4. The highest BCUT2D eigenvalue weighted by Gasteiger charge is 2.31. The predicted molar refractivity (Wildman–Crippen MR) is 83.2 cm³/mol. The SMILES string of the molecule is O[C@H](CN1CCO[C@H]([C@H]2CCCO2)C1)c1ccc(OC(F)F)cc1. The predicted octanol–water partition coefficient (Wildman–Crippen LogP) is 2.20. The third kappa shape index (κ3) is 4.63. The van der Waals surface area contributed by atoms with Crippen molar-refractivity contribution < 1.29 is 28.1 Å². The molecule has 0 radical (unpaired) electrons. The van der Waals surface area contributed by atoms with E-state index in [-0.39, 0.29) is 18.0 Å². The number of nitrogens with zero attached hydrogens (tertiary/aromatic N) is 1. The lowest BCUT2D eigenvalue weighted by Gasteiger charge is -2.36. The van der Waals surface area contributed by atoms with Crippen molar-refractivity contribution in [3.05, 3.63) is 29.8 Å². The summed E-state index contributed by atoms with van der Waals surface area (Å²) in [6, 6.07) is 6.11. The van der Waals surface area contributed by atoms with Crippen LogP contribution in [0.2, 0.25) is 0 Å². The van der Waals surface area contributed by atoms with E-state index < -0.39 is 12.7 Å². The second-order valence-corrected chi connectivity index (χ2v) is 6.18. The molecular formula is C17H23F2NO4. The second kappa shape index (κ2) is 8.20. The van der Waals surface area contributed by atoms with Crippen molar-refractivity contribution in [1.29, 1.82) is 0 Å². The van der Waals surface area contributed by atoms with Crippen LogP contribution in [-0.4, -0.2) is 61.7 Å². The molecule has 0 spiro atoms. The molecule has 2 aliphatic heterocycles.